The molecule has 1 saturated heterocycles. The highest BCUT2D eigenvalue weighted by molar-refractivity contribution is 5.57. The Labute approximate surface area is 171 Å². The van der Waals surface area contributed by atoms with E-state index in [0.29, 0.717) is 38.2 Å². The molecule has 0 unspecified atom stereocenters. The lowest BCUT2D eigenvalue weighted by atomic mass is 9.96. The predicted octanol–water partition coefficient (Wildman–Crippen LogP) is 3.64. The number of alkyl halides is 3. The quantitative estimate of drug-likeness (QED) is 0.651. The number of nitrogens with zero attached hydrogens (tertiary/aromatic N) is 5. The molecule has 4 heterocycles. The molecule has 1 fully saturated rings. The largest absolute Gasteiger partial charge is 0.419 e. The Bertz CT molecular complexity index is 1060. The van der Waals surface area contributed by atoms with Gasteiger partial charge in [0.1, 0.15) is 5.82 Å². The van der Waals surface area contributed by atoms with Crippen LogP contribution in [0.5, 0.6) is 0 Å². The molecular weight excluding hydrogens is 395 g/mol. The molecule has 30 heavy (non-hydrogen) atoms. The fourth-order valence-electron chi connectivity index (χ4n) is 3.70. The van der Waals surface area contributed by atoms with Crippen LogP contribution in [0.25, 0.3) is 11.3 Å². The molecule has 4 rings (SSSR count). The highest BCUT2D eigenvalue weighted by Crippen LogP contribution is 2.36. The Morgan fingerprint density at radius 1 is 1.00 bits per heavy atom. The van der Waals surface area contributed by atoms with E-state index in [2.05, 4.69) is 15.1 Å². The van der Waals surface area contributed by atoms with Crippen molar-refractivity contribution >= 4 is 5.82 Å². The van der Waals surface area contributed by atoms with Crippen LogP contribution in [0, 0.1) is 5.92 Å². The van der Waals surface area contributed by atoms with Gasteiger partial charge in [0.2, 0.25) is 0 Å². The molecule has 0 saturated carbocycles. The summed E-state index contributed by atoms with van der Waals surface area (Å²) in [6.45, 7) is 1.33. The highest BCUT2D eigenvalue weighted by atomic mass is 19.4. The maximum atomic E-state index is 13.3. The normalized spacial score (nSPS) is 15.4. The number of piperidine rings is 1. The van der Waals surface area contributed by atoms with E-state index in [0.717, 1.165) is 11.6 Å². The van der Waals surface area contributed by atoms with Crippen molar-refractivity contribution in [2.75, 3.05) is 18.0 Å². The molecule has 0 aromatic carbocycles. The summed E-state index contributed by atoms with van der Waals surface area (Å²) >= 11 is 0. The second-order valence-corrected chi connectivity index (χ2v) is 7.28. The lowest BCUT2D eigenvalue weighted by Crippen LogP contribution is -2.38. The molecule has 0 N–H and O–H groups in total. The lowest BCUT2D eigenvalue weighted by Gasteiger charge is -2.34. The van der Waals surface area contributed by atoms with Gasteiger partial charge in [-0.05, 0) is 49.1 Å². The van der Waals surface area contributed by atoms with E-state index in [9.17, 15) is 18.0 Å². The van der Waals surface area contributed by atoms with Gasteiger partial charge in [0, 0.05) is 49.9 Å². The van der Waals surface area contributed by atoms with Crippen molar-refractivity contribution in [1.82, 2.24) is 19.7 Å². The summed E-state index contributed by atoms with van der Waals surface area (Å²) in [6, 6.07) is 9.16. The van der Waals surface area contributed by atoms with Gasteiger partial charge in [0.15, 0.2) is 0 Å². The Balaban J connectivity index is 1.46. The van der Waals surface area contributed by atoms with Crippen LogP contribution >= 0.6 is 0 Å². The Kier molecular flexibility index (Phi) is 5.52. The van der Waals surface area contributed by atoms with Gasteiger partial charge < -0.3 is 4.90 Å². The molecule has 0 spiro atoms. The number of aromatic nitrogens is 4. The minimum atomic E-state index is -4.44. The van der Waals surface area contributed by atoms with Crippen molar-refractivity contribution in [3.63, 3.8) is 0 Å². The first kappa shape index (κ1) is 20.1. The minimum absolute atomic E-state index is 0.0292. The van der Waals surface area contributed by atoms with Gasteiger partial charge in [-0.25, -0.2) is 9.67 Å². The maximum Gasteiger partial charge on any atom is 0.419 e. The van der Waals surface area contributed by atoms with Crippen LogP contribution in [0.2, 0.25) is 0 Å². The molecule has 156 valence electrons. The SMILES string of the molecule is O=c1ccc(-c2ccncc2)nn1CC1CCN(c2ncccc2C(F)(F)F)CC1. The lowest BCUT2D eigenvalue weighted by molar-refractivity contribution is -0.137. The monoisotopic (exact) mass is 415 g/mol. The summed E-state index contributed by atoms with van der Waals surface area (Å²) in [5.74, 6) is 0.121. The fourth-order valence-corrected chi connectivity index (χ4v) is 3.70. The molecule has 6 nitrogen and oxygen atoms in total. The number of hydrogen-bond donors (Lipinski definition) is 0. The van der Waals surface area contributed by atoms with Crippen molar-refractivity contribution < 1.29 is 13.2 Å². The maximum absolute atomic E-state index is 13.3. The summed E-state index contributed by atoms with van der Waals surface area (Å²) in [6.07, 6.45) is 1.57. The summed E-state index contributed by atoms with van der Waals surface area (Å²) in [4.78, 5) is 21.9. The van der Waals surface area contributed by atoms with E-state index in [1.54, 1.807) is 23.4 Å². The Morgan fingerprint density at radius 2 is 1.73 bits per heavy atom. The molecule has 9 heteroatoms. The molecule has 3 aromatic heterocycles. The van der Waals surface area contributed by atoms with Crippen LogP contribution in [-0.4, -0.2) is 32.8 Å². The minimum Gasteiger partial charge on any atom is -0.356 e. The molecule has 3 aromatic rings. The van der Waals surface area contributed by atoms with E-state index in [4.69, 9.17) is 0 Å². The molecule has 1 aliphatic rings. The molecule has 0 bridgehead atoms. The smallest absolute Gasteiger partial charge is 0.356 e. The standard InChI is InChI=1S/C21H20F3N5O/c22-21(23,24)17-2-1-9-26-20(17)28-12-7-15(8-13-28)14-29-19(30)4-3-18(27-29)16-5-10-25-11-6-16/h1-6,9-11,15H,7-8,12-14H2. The average Bonchev–Trinajstić information content (AvgIpc) is 2.76. The van der Waals surface area contributed by atoms with Gasteiger partial charge in [0.25, 0.3) is 5.56 Å². The van der Waals surface area contributed by atoms with Crippen molar-refractivity contribution in [2.45, 2.75) is 25.6 Å². The van der Waals surface area contributed by atoms with Crippen molar-refractivity contribution in [3.8, 4) is 11.3 Å². The Hall–Kier alpha value is -3.23. The zero-order chi connectivity index (χ0) is 21.1. The van der Waals surface area contributed by atoms with Gasteiger partial charge in [-0.3, -0.25) is 9.78 Å². The molecule has 0 amide bonds. The van der Waals surface area contributed by atoms with Crippen LogP contribution in [0.4, 0.5) is 19.0 Å². The van der Waals surface area contributed by atoms with Gasteiger partial charge >= 0.3 is 6.18 Å². The van der Waals surface area contributed by atoms with Crippen molar-refractivity contribution in [2.24, 2.45) is 5.92 Å². The predicted molar refractivity (Wildman–Crippen MR) is 106 cm³/mol. The Morgan fingerprint density at radius 3 is 2.43 bits per heavy atom. The number of rotatable bonds is 4. The summed E-state index contributed by atoms with van der Waals surface area (Å²) in [5.41, 5.74) is 0.631. The molecule has 0 radical (unpaired) electrons. The van der Waals surface area contributed by atoms with Crippen LogP contribution < -0.4 is 10.5 Å². The first-order valence-corrected chi connectivity index (χ1v) is 9.67. The third-order valence-corrected chi connectivity index (χ3v) is 5.28. The van der Waals surface area contributed by atoms with Crippen molar-refractivity contribution in [3.05, 3.63) is 70.9 Å². The average molecular weight is 415 g/mol. The summed E-state index contributed by atoms with van der Waals surface area (Å²) in [5, 5.41) is 4.46. The van der Waals surface area contributed by atoms with Gasteiger partial charge in [-0.1, -0.05) is 0 Å². The first-order chi connectivity index (χ1) is 14.4. The van der Waals surface area contributed by atoms with E-state index in [-0.39, 0.29) is 17.3 Å². The van der Waals surface area contributed by atoms with Gasteiger partial charge in [-0.15, -0.1) is 0 Å². The number of hydrogen-bond acceptors (Lipinski definition) is 5. The second-order valence-electron chi connectivity index (χ2n) is 7.28. The van der Waals surface area contributed by atoms with E-state index in [1.165, 1.54) is 23.0 Å². The summed E-state index contributed by atoms with van der Waals surface area (Å²) in [7, 11) is 0. The third-order valence-electron chi connectivity index (χ3n) is 5.28. The van der Waals surface area contributed by atoms with Crippen LogP contribution in [0.3, 0.4) is 0 Å². The zero-order valence-electron chi connectivity index (χ0n) is 16.1. The topological polar surface area (TPSA) is 63.9 Å². The number of halogens is 3. The van der Waals surface area contributed by atoms with Crippen LogP contribution in [-0.2, 0) is 12.7 Å². The van der Waals surface area contributed by atoms with Crippen LogP contribution in [0.1, 0.15) is 18.4 Å². The third kappa shape index (κ3) is 4.34. The molecular formula is C21H20F3N5O. The van der Waals surface area contributed by atoms with Gasteiger partial charge in [-0.2, -0.15) is 18.3 Å². The van der Waals surface area contributed by atoms with E-state index >= 15 is 0 Å². The molecule has 1 aliphatic heterocycles. The number of pyridine rings is 2. The van der Waals surface area contributed by atoms with Gasteiger partial charge in [0.05, 0.1) is 11.3 Å². The van der Waals surface area contributed by atoms with Crippen molar-refractivity contribution in [1.29, 1.82) is 0 Å². The zero-order valence-corrected chi connectivity index (χ0v) is 16.1. The number of anilines is 1. The second kappa shape index (κ2) is 8.25. The van der Waals surface area contributed by atoms with Crippen LogP contribution in [0.15, 0.2) is 59.8 Å². The summed E-state index contributed by atoms with van der Waals surface area (Å²) < 4.78 is 41.3. The van der Waals surface area contributed by atoms with E-state index < -0.39 is 11.7 Å². The van der Waals surface area contributed by atoms with E-state index in [1.807, 2.05) is 12.1 Å². The fraction of sp³-hybridized carbons (Fsp3) is 0.333. The highest BCUT2D eigenvalue weighted by Gasteiger charge is 2.36. The molecule has 0 atom stereocenters. The molecule has 0 aliphatic carbocycles. The first-order valence-electron chi connectivity index (χ1n) is 9.67.